The molecule has 0 aliphatic carbocycles. The highest BCUT2D eigenvalue weighted by atomic mass is 19.1. The molecule has 0 aromatic heterocycles. The molecular weight excluding hydrogens is 265 g/mol. The SMILES string of the molecule is CC(C)c1ccc(COc2ccc(C(C)N)c(F)c2)cc1. The highest BCUT2D eigenvalue weighted by Gasteiger charge is 2.08. The van der Waals surface area contributed by atoms with Gasteiger partial charge in [0, 0.05) is 17.7 Å². The van der Waals surface area contributed by atoms with Crippen molar-refractivity contribution in [3.05, 3.63) is 65.0 Å². The van der Waals surface area contributed by atoms with Gasteiger partial charge in [0.15, 0.2) is 0 Å². The Bertz CT molecular complexity index is 591. The lowest BCUT2D eigenvalue weighted by Gasteiger charge is -2.11. The quantitative estimate of drug-likeness (QED) is 0.875. The average Bonchev–Trinajstić information content (AvgIpc) is 2.45. The third kappa shape index (κ3) is 4.05. The molecule has 1 unspecified atom stereocenters. The van der Waals surface area contributed by atoms with Crippen LogP contribution in [0.2, 0.25) is 0 Å². The summed E-state index contributed by atoms with van der Waals surface area (Å²) in [6, 6.07) is 12.8. The van der Waals surface area contributed by atoms with E-state index < -0.39 is 0 Å². The topological polar surface area (TPSA) is 35.2 Å². The molecule has 2 rings (SSSR count). The zero-order valence-electron chi connectivity index (χ0n) is 12.8. The first-order chi connectivity index (χ1) is 9.97. The molecule has 2 aromatic carbocycles. The predicted octanol–water partition coefficient (Wildman–Crippen LogP) is 4.55. The molecule has 21 heavy (non-hydrogen) atoms. The molecule has 0 aliphatic heterocycles. The van der Waals surface area contributed by atoms with Crippen molar-refractivity contribution in [2.24, 2.45) is 5.73 Å². The first-order valence-electron chi connectivity index (χ1n) is 7.24. The van der Waals surface area contributed by atoms with Gasteiger partial charge in [-0.25, -0.2) is 4.39 Å². The molecule has 2 aromatic rings. The largest absolute Gasteiger partial charge is 0.489 e. The second-order valence-corrected chi connectivity index (χ2v) is 5.66. The summed E-state index contributed by atoms with van der Waals surface area (Å²) >= 11 is 0. The van der Waals surface area contributed by atoms with E-state index in [2.05, 4.69) is 26.0 Å². The van der Waals surface area contributed by atoms with Crippen molar-refractivity contribution in [1.29, 1.82) is 0 Å². The highest BCUT2D eigenvalue weighted by molar-refractivity contribution is 5.31. The van der Waals surface area contributed by atoms with Crippen LogP contribution in [0.4, 0.5) is 4.39 Å². The van der Waals surface area contributed by atoms with E-state index in [1.54, 1.807) is 19.1 Å². The van der Waals surface area contributed by atoms with Gasteiger partial charge in [0.25, 0.3) is 0 Å². The standard InChI is InChI=1S/C18H22FNO/c1-12(2)15-6-4-14(5-7-15)11-21-16-8-9-17(13(3)20)18(19)10-16/h4-10,12-13H,11,20H2,1-3H3. The lowest BCUT2D eigenvalue weighted by Crippen LogP contribution is -2.07. The smallest absolute Gasteiger partial charge is 0.131 e. The molecule has 2 nitrogen and oxygen atoms in total. The van der Waals surface area contributed by atoms with Crippen molar-refractivity contribution in [2.75, 3.05) is 0 Å². The summed E-state index contributed by atoms with van der Waals surface area (Å²) in [6.07, 6.45) is 0. The van der Waals surface area contributed by atoms with E-state index in [9.17, 15) is 4.39 Å². The second kappa shape index (κ2) is 6.72. The van der Waals surface area contributed by atoms with Crippen LogP contribution in [0.25, 0.3) is 0 Å². The summed E-state index contributed by atoms with van der Waals surface area (Å²) in [5, 5.41) is 0. The lowest BCUT2D eigenvalue weighted by atomic mass is 10.0. The van der Waals surface area contributed by atoms with Crippen molar-refractivity contribution in [1.82, 2.24) is 0 Å². The molecule has 0 saturated heterocycles. The predicted molar refractivity (Wildman–Crippen MR) is 83.9 cm³/mol. The third-order valence-corrected chi connectivity index (χ3v) is 3.51. The molecule has 0 heterocycles. The minimum Gasteiger partial charge on any atom is -0.489 e. The number of hydrogen-bond acceptors (Lipinski definition) is 2. The van der Waals surface area contributed by atoms with Crippen LogP contribution in [0.15, 0.2) is 42.5 Å². The molecule has 1 atom stereocenters. The number of benzene rings is 2. The van der Waals surface area contributed by atoms with Crippen LogP contribution >= 0.6 is 0 Å². The van der Waals surface area contributed by atoms with Gasteiger partial charge in [-0.15, -0.1) is 0 Å². The Balaban J connectivity index is 2.01. The van der Waals surface area contributed by atoms with Gasteiger partial charge in [0.1, 0.15) is 18.2 Å². The van der Waals surface area contributed by atoms with Crippen molar-refractivity contribution in [3.8, 4) is 5.75 Å². The van der Waals surface area contributed by atoms with Gasteiger partial charge in [-0.05, 0) is 30.0 Å². The van der Waals surface area contributed by atoms with Crippen LogP contribution in [0.1, 0.15) is 49.4 Å². The van der Waals surface area contributed by atoms with E-state index >= 15 is 0 Å². The van der Waals surface area contributed by atoms with Crippen molar-refractivity contribution in [2.45, 2.75) is 39.3 Å². The average molecular weight is 287 g/mol. The third-order valence-electron chi connectivity index (χ3n) is 3.51. The number of ether oxygens (including phenoxy) is 1. The van der Waals surface area contributed by atoms with E-state index in [4.69, 9.17) is 10.5 Å². The van der Waals surface area contributed by atoms with Crippen LogP contribution < -0.4 is 10.5 Å². The first-order valence-corrected chi connectivity index (χ1v) is 7.24. The summed E-state index contributed by atoms with van der Waals surface area (Å²) < 4.78 is 19.4. The minimum absolute atomic E-state index is 0.317. The molecule has 3 heteroatoms. The molecule has 0 fully saturated rings. The van der Waals surface area contributed by atoms with Gasteiger partial charge in [-0.1, -0.05) is 44.2 Å². The Hall–Kier alpha value is -1.87. The molecule has 0 saturated carbocycles. The van der Waals surface area contributed by atoms with Gasteiger partial charge in [0.05, 0.1) is 0 Å². The highest BCUT2D eigenvalue weighted by Crippen LogP contribution is 2.22. The van der Waals surface area contributed by atoms with Gasteiger partial charge >= 0.3 is 0 Å². The van der Waals surface area contributed by atoms with Crippen molar-refractivity contribution >= 4 is 0 Å². The molecule has 0 amide bonds. The zero-order chi connectivity index (χ0) is 15.4. The summed E-state index contributed by atoms with van der Waals surface area (Å²) in [4.78, 5) is 0. The molecule has 2 N–H and O–H groups in total. The Morgan fingerprint density at radius 1 is 1.05 bits per heavy atom. The van der Waals surface area contributed by atoms with Crippen LogP contribution in [0.5, 0.6) is 5.75 Å². The van der Waals surface area contributed by atoms with E-state index in [1.807, 2.05) is 12.1 Å². The maximum Gasteiger partial charge on any atom is 0.131 e. The van der Waals surface area contributed by atoms with Gasteiger partial charge in [-0.3, -0.25) is 0 Å². The van der Waals surface area contributed by atoms with Crippen molar-refractivity contribution in [3.63, 3.8) is 0 Å². The van der Waals surface area contributed by atoms with Crippen LogP contribution in [0, 0.1) is 5.82 Å². The van der Waals surface area contributed by atoms with E-state index in [0.717, 1.165) is 5.56 Å². The van der Waals surface area contributed by atoms with Crippen LogP contribution in [-0.2, 0) is 6.61 Å². The maximum absolute atomic E-state index is 13.8. The Labute approximate surface area is 125 Å². The fourth-order valence-corrected chi connectivity index (χ4v) is 2.13. The zero-order valence-corrected chi connectivity index (χ0v) is 12.8. The summed E-state index contributed by atoms with van der Waals surface area (Å²) in [7, 11) is 0. The van der Waals surface area contributed by atoms with Crippen molar-refractivity contribution < 1.29 is 9.13 Å². The van der Waals surface area contributed by atoms with Gasteiger partial charge < -0.3 is 10.5 Å². The molecule has 0 aliphatic rings. The van der Waals surface area contributed by atoms with Gasteiger partial charge in [-0.2, -0.15) is 0 Å². The minimum atomic E-state index is -0.322. The number of halogens is 1. The lowest BCUT2D eigenvalue weighted by molar-refractivity contribution is 0.304. The molecular formula is C18H22FNO. The van der Waals surface area contributed by atoms with Crippen LogP contribution in [0.3, 0.4) is 0 Å². The Morgan fingerprint density at radius 2 is 1.71 bits per heavy atom. The number of hydrogen-bond donors (Lipinski definition) is 1. The van der Waals surface area contributed by atoms with E-state index in [1.165, 1.54) is 11.6 Å². The summed E-state index contributed by atoms with van der Waals surface area (Å²) in [5.41, 5.74) is 8.55. The van der Waals surface area contributed by atoms with Gasteiger partial charge in [0.2, 0.25) is 0 Å². The van der Waals surface area contributed by atoms with Crippen LogP contribution in [-0.4, -0.2) is 0 Å². The number of nitrogens with two attached hydrogens (primary N) is 1. The van der Waals surface area contributed by atoms with E-state index in [0.29, 0.717) is 23.8 Å². The fraction of sp³-hybridized carbons (Fsp3) is 0.333. The maximum atomic E-state index is 13.8. The Morgan fingerprint density at radius 3 is 2.24 bits per heavy atom. The molecule has 0 radical (unpaired) electrons. The summed E-state index contributed by atoms with van der Waals surface area (Å²) in [5.74, 6) is 0.711. The molecule has 0 bridgehead atoms. The normalized spacial score (nSPS) is 12.5. The van der Waals surface area contributed by atoms with E-state index in [-0.39, 0.29) is 11.9 Å². The summed E-state index contributed by atoms with van der Waals surface area (Å²) in [6.45, 7) is 6.51. The molecule has 112 valence electrons. The fourth-order valence-electron chi connectivity index (χ4n) is 2.13. The Kier molecular flexibility index (Phi) is 4.97. The monoisotopic (exact) mass is 287 g/mol. The second-order valence-electron chi connectivity index (χ2n) is 5.66. The number of rotatable bonds is 5. The first kappa shape index (κ1) is 15.5. The molecule has 0 spiro atoms.